The Hall–Kier alpha value is -1.96. The first kappa shape index (κ1) is 17.8. The molecule has 0 aliphatic heterocycles. The average Bonchev–Trinajstić information content (AvgIpc) is 3.33. The molecule has 2 heterocycles. The summed E-state index contributed by atoms with van der Waals surface area (Å²) in [6.45, 7) is 0.346. The van der Waals surface area contributed by atoms with E-state index in [4.69, 9.17) is 5.73 Å². The van der Waals surface area contributed by atoms with E-state index < -0.39 is 0 Å². The second kappa shape index (κ2) is 7.51. The third kappa shape index (κ3) is 3.40. The monoisotopic (exact) mass is 377 g/mol. The summed E-state index contributed by atoms with van der Waals surface area (Å²) in [6.07, 6.45) is 4.68. The number of imidazole rings is 1. The molecule has 0 spiro atoms. The molecule has 1 fully saturated rings. The van der Waals surface area contributed by atoms with Gasteiger partial charge in [-0.05, 0) is 25.0 Å². The van der Waals surface area contributed by atoms with Crippen molar-refractivity contribution >= 4 is 46.6 Å². The van der Waals surface area contributed by atoms with Crippen molar-refractivity contribution in [1.82, 2.24) is 14.5 Å². The fourth-order valence-electron chi connectivity index (χ4n) is 3.34. The number of carbonyl (C=O) groups is 1. The van der Waals surface area contributed by atoms with Crippen molar-refractivity contribution in [2.75, 3.05) is 5.32 Å². The summed E-state index contributed by atoms with van der Waals surface area (Å²) in [5.74, 6) is 0.371. The van der Waals surface area contributed by atoms with Gasteiger partial charge in [0.05, 0.1) is 11.0 Å². The van der Waals surface area contributed by atoms with Gasteiger partial charge >= 0.3 is 0 Å². The van der Waals surface area contributed by atoms with Crippen molar-refractivity contribution in [3.63, 3.8) is 0 Å². The van der Waals surface area contributed by atoms with Crippen LogP contribution in [0.1, 0.15) is 47.2 Å². The number of aromatic nitrogens is 3. The van der Waals surface area contributed by atoms with E-state index in [1.165, 1.54) is 24.2 Å². The Morgan fingerprint density at radius 2 is 2.04 bits per heavy atom. The molecule has 1 aliphatic rings. The molecule has 0 saturated heterocycles. The van der Waals surface area contributed by atoms with E-state index in [0.717, 1.165) is 28.9 Å². The molecular formula is C17H20ClN5OS. The van der Waals surface area contributed by atoms with Gasteiger partial charge in [0, 0.05) is 18.0 Å². The van der Waals surface area contributed by atoms with Crippen LogP contribution in [0.5, 0.6) is 0 Å². The molecule has 6 nitrogen and oxygen atoms in total. The van der Waals surface area contributed by atoms with E-state index in [1.54, 1.807) is 5.38 Å². The molecule has 1 aliphatic carbocycles. The summed E-state index contributed by atoms with van der Waals surface area (Å²) in [5.41, 5.74) is 7.94. The Bertz CT molecular complexity index is 884. The summed E-state index contributed by atoms with van der Waals surface area (Å²) in [5, 5.41) is 5.44. The van der Waals surface area contributed by atoms with Crippen molar-refractivity contribution in [3.05, 3.63) is 40.3 Å². The van der Waals surface area contributed by atoms with Gasteiger partial charge in [-0.25, -0.2) is 9.97 Å². The SMILES string of the molecule is Cl.NCc1nc(C(=O)Nc2nc3ccccc3n2C2CCCC2)cs1. The van der Waals surface area contributed by atoms with Gasteiger partial charge in [0.1, 0.15) is 10.7 Å². The molecule has 2 aromatic heterocycles. The lowest BCUT2D eigenvalue weighted by atomic mass is 10.2. The third-order valence-electron chi connectivity index (χ3n) is 4.47. The Kier molecular flexibility index (Phi) is 5.36. The second-order valence-corrected chi connectivity index (χ2v) is 6.96. The molecule has 0 unspecified atom stereocenters. The van der Waals surface area contributed by atoms with Crippen LogP contribution in [-0.2, 0) is 6.54 Å². The first-order chi connectivity index (χ1) is 11.8. The zero-order chi connectivity index (χ0) is 16.5. The van der Waals surface area contributed by atoms with Crippen molar-refractivity contribution in [2.24, 2.45) is 5.73 Å². The average molecular weight is 378 g/mol. The number of nitrogens with one attached hydrogen (secondary N) is 1. The normalized spacial score (nSPS) is 14.6. The Balaban J connectivity index is 0.00000182. The largest absolute Gasteiger partial charge is 0.325 e. The molecule has 0 radical (unpaired) electrons. The number of fused-ring (bicyclic) bond motifs is 1. The molecule has 0 atom stereocenters. The maximum Gasteiger partial charge on any atom is 0.277 e. The first-order valence-electron chi connectivity index (χ1n) is 8.19. The van der Waals surface area contributed by atoms with Crippen molar-refractivity contribution in [3.8, 4) is 0 Å². The molecule has 1 aromatic carbocycles. The number of hydrogen-bond donors (Lipinski definition) is 2. The minimum absolute atomic E-state index is 0. The number of amides is 1. The summed E-state index contributed by atoms with van der Waals surface area (Å²) in [7, 11) is 0. The van der Waals surface area contributed by atoms with Gasteiger partial charge in [-0.2, -0.15) is 0 Å². The quantitative estimate of drug-likeness (QED) is 0.725. The van der Waals surface area contributed by atoms with E-state index in [9.17, 15) is 4.79 Å². The highest BCUT2D eigenvalue weighted by molar-refractivity contribution is 7.09. The fraction of sp³-hybridized carbons (Fsp3) is 0.353. The lowest BCUT2D eigenvalue weighted by Gasteiger charge is -2.16. The van der Waals surface area contributed by atoms with Gasteiger partial charge in [0.15, 0.2) is 0 Å². The fourth-order valence-corrected chi connectivity index (χ4v) is 3.99. The van der Waals surface area contributed by atoms with Crippen LogP contribution < -0.4 is 11.1 Å². The lowest BCUT2D eigenvalue weighted by molar-refractivity contribution is 0.102. The molecule has 132 valence electrons. The van der Waals surface area contributed by atoms with E-state index in [1.807, 2.05) is 18.2 Å². The van der Waals surface area contributed by atoms with Gasteiger partial charge in [-0.3, -0.25) is 10.1 Å². The van der Waals surface area contributed by atoms with E-state index >= 15 is 0 Å². The van der Waals surface area contributed by atoms with Gasteiger partial charge in [-0.15, -0.1) is 23.7 Å². The van der Waals surface area contributed by atoms with Gasteiger partial charge in [-0.1, -0.05) is 25.0 Å². The number of nitrogens with two attached hydrogens (primary N) is 1. The van der Waals surface area contributed by atoms with Crippen molar-refractivity contribution < 1.29 is 4.79 Å². The van der Waals surface area contributed by atoms with Crippen LogP contribution in [0.25, 0.3) is 11.0 Å². The molecule has 3 N–H and O–H groups in total. The zero-order valence-corrected chi connectivity index (χ0v) is 15.3. The summed E-state index contributed by atoms with van der Waals surface area (Å²) >= 11 is 1.40. The van der Waals surface area contributed by atoms with E-state index in [0.29, 0.717) is 24.2 Å². The number of halogens is 1. The standard InChI is InChI=1S/C17H19N5OS.ClH/c18-9-15-19-13(10-24-15)16(23)21-17-20-12-7-3-4-8-14(12)22(17)11-5-1-2-6-11;/h3-4,7-8,10-11H,1-2,5-6,9,18H2,(H,20,21,23);1H. The minimum atomic E-state index is -0.236. The number of nitrogens with zero attached hydrogens (tertiary/aromatic N) is 3. The van der Waals surface area contributed by atoms with Crippen molar-refractivity contribution in [1.29, 1.82) is 0 Å². The van der Waals surface area contributed by atoms with Gasteiger partial charge in [0.2, 0.25) is 5.95 Å². The smallest absolute Gasteiger partial charge is 0.277 e. The molecule has 4 rings (SSSR count). The molecule has 25 heavy (non-hydrogen) atoms. The summed E-state index contributed by atoms with van der Waals surface area (Å²) < 4.78 is 2.18. The molecule has 8 heteroatoms. The van der Waals surface area contributed by atoms with Crippen molar-refractivity contribution in [2.45, 2.75) is 38.3 Å². The number of para-hydroxylation sites is 2. The minimum Gasteiger partial charge on any atom is -0.325 e. The van der Waals surface area contributed by atoms with Gasteiger partial charge in [0.25, 0.3) is 5.91 Å². The summed E-state index contributed by atoms with van der Waals surface area (Å²) in [6, 6.07) is 8.41. The number of benzene rings is 1. The van der Waals surface area contributed by atoms with Crippen LogP contribution in [0, 0.1) is 0 Å². The zero-order valence-electron chi connectivity index (χ0n) is 13.6. The highest BCUT2D eigenvalue weighted by Crippen LogP contribution is 2.35. The first-order valence-corrected chi connectivity index (χ1v) is 9.07. The number of thiazole rings is 1. The second-order valence-electron chi connectivity index (χ2n) is 6.02. The Morgan fingerprint density at radius 3 is 2.76 bits per heavy atom. The predicted molar refractivity (Wildman–Crippen MR) is 102 cm³/mol. The number of rotatable bonds is 4. The maximum absolute atomic E-state index is 12.5. The van der Waals surface area contributed by atoms with E-state index in [-0.39, 0.29) is 18.3 Å². The summed E-state index contributed by atoms with van der Waals surface area (Å²) in [4.78, 5) is 21.4. The molecule has 1 saturated carbocycles. The topological polar surface area (TPSA) is 85.8 Å². The molecule has 3 aromatic rings. The maximum atomic E-state index is 12.5. The molecule has 0 bridgehead atoms. The lowest BCUT2D eigenvalue weighted by Crippen LogP contribution is -2.18. The van der Waals surface area contributed by atoms with Crippen LogP contribution in [0.2, 0.25) is 0 Å². The van der Waals surface area contributed by atoms with Crippen LogP contribution >= 0.6 is 23.7 Å². The van der Waals surface area contributed by atoms with Crippen LogP contribution in [0.4, 0.5) is 5.95 Å². The highest BCUT2D eigenvalue weighted by Gasteiger charge is 2.24. The predicted octanol–water partition coefficient (Wildman–Crippen LogP) is 3.74. The van der Waals surface area contributed by atoms with Crippen LogP contribution in [-0.4, -0.2) is 20.4 Å². The van der Waals surface area contributed by atoms with Gasteiger partial charge < -0.3 is 10.3 Å². The van der Waals surface area contributed by atoms with Crippen LogP contribution in [0.3, 0.4) is 0 Å². The molecule has 1 amide bonds. The third-order valence-corrected chi connectivity index (χ3v) is 5.34. The number of hydrogen-bond acceptors (Lipinski definition) is 5. The number of anilines is 1. The van der Waals surface area contributed by atoms with E-state index in [2.05, 4.69) is 25.9 Å². The van der Waals surface area contributed by atoms with Crippen LogP contribution in [0.15, 0.2) is 29.6 Å². The Morgan fingerprint density at radius 1 is 1.28 bits per heavy atom. The molecular weight excluding hydrogens is 358 g/mol. The highest BCUT2D eigenvalue weighted by atomic mass is 35.5. The Labute approximate surface area is 155 Å². The number of carbonyl (C=O) groups excluding carboxylic acids is 1.